The molecule has 0 saturated carbocycles. The number of carbonyl (C=O) groups is 1. The van der Waals surface area contributed by atoms with Crippen molar-refractivity contribution in [1.82, 2.24) is 4.90 Å². The molecule has 2 atom stereocenters. The summed E-state index contributed by atoms with van der Waals surface area (Å²) in [5.41, 5.74) is 2.14. The maximum atomic E-state index is 12.3. The van der Waals surface area contributed by atoms with Crippen LogP contribution in [0.25, 0.3) is 0 Å². The largest absolute Gasteiger partial charge is 0.295 e. The summed E-state index contributed by atoms with van der Waals surface area (Å²) >= 11 is 0. The Morgan fingerprint density at radius 3 is 2.26 bits per heavy atom. The van der Waals surface area contributed by atoms with Crippen molar-refractivity contribution in [3.63, 3.8) is 0 Å². The van der Waals surface area contributed by atoms with E-state index in [2.05, 4.69) is 37.8 Å². The van der Waals surface area contributed by atoms with E-state index in [-0.39, 0.29) is 5.78 Å². The van der Waals surface area contributed by atoms with Gasteiger partial charge < -0.3 is 0 Å². The van der Waals surface area contributed by atoms with Gasteiger partial charge in [-0.05, 0) is 30.2 Å². The lowest BCUT2D eigenvalue weighted by Gasteiger charge is -2.34. The van der Waals surface area contributed by atoms with E-state index in [9.17, 15) is 4.79 Å². The van der Waals surface area contributed by atoms with E-state index in [1.54, 1.807) is 0 Å². The van der Waals surface area contributed by atoms with Crippen molar-refractivity contribution in [1.29, 1.82) is 0 Å². The third-order valence-electron chi connectivity index (χ3n) is 4.00. The number of carbonyl (C=O) groups excluding carboxylic acids is 1. The molecule has 19 heavy (non-hydrogen) atoms. The van der Waals surface area contributed by atoms with E-state index < -0.39 is 0 Å². The van der Waals surface area contributed by atoms with Crippen molar-refractivity contribution in [2.75, 3.05) is 19.6 Å². The first kappa shape index (κ1) is 14.3. The molecule has 104 valence electrons. The highest BCUT2D eigenvalue weighted by Crippen LogP contribution is 2.21. The number of aryl methyl sites for hydroxylation is 1. The van der Waals surface area contributed by atoms with Crippen LogP contribution in [0.15, 0.2) is 24.3 Å². The second-order valence-electron chi connectivity index (χ2n) is 6.11. The van der Waals surface area contributed by atoms with Crippen molar-refractivity contribution in [3.8, 4) is 0 Å². The molecule has 2 nitrogen and oxygen atoms in total. The molecule has 2 rings (SSSR count). The van der Waals surface area contributed by atoms with Gasteiger partial charge in [0.15, 0.2) is 5.78 Å². The summed E-state index contributed by atoms with van der Waals surface area (Å²) in [7, 11) is 0. The predicted molar refractivity (Wildman–Crippen MR) is 79.5 cm³/mol. The molecule has 0 amide bonds. The summed E-state index contributed by atoms with van der Waals surface area (Å²) in [6.45, 7) is 9.38. The molecule has 0 aliphatic carbocycles. The normalized spacial score (nSPS) is 24.4. The molecule has 2 unspecified atom stereocenters. The van der Waals surface area contributed by atoms with Gasteiger partial charge in [0, 0.05) is 18.7 Å². The SMILES string of the molecule is CCc1ccc(C(=O)CN2CC(C)CC(C)C2)cc1. The number of nitrogens with zero attached hydrogens (tertiary/aromatic N) is 1. The summed E-state index contributed by atoms with van der Waals surface area (Å²) < 4.78 is 0. The quantitative estimate of drug-likeness (QED) is 0.772. The molecular weight excluding hydrogens is 234 g/mol. The van der Waals surface area contributed by atoms with Crippen molar-refractivity contribution in [3.05, 3.63) is 35.4 Å². The number of rotatable bonds is 4. The van der Waals surface area contributed by atoms with Crippen LogP contribution in [0.2, 0.25) is 0 Å². The zero-order valence-electron chi connectivity index (χ0n) is 12.4. The van der Waals surface area contributed by atoms with Gasteiger partial charge in [-0.15, -0.1) is 0 Å². The van der Waals surface area contributed by atoms with Crippen molar-refractivity contribution < 1.29 is 4.79 Å². The van der Waals surface area contributed by atoms with E-state index in [1.807, 2.05) is 12.1 Å². The second-order valence-corrected chi connectivity index (χ2v) is 6.11. The molecule has 1 saturated heterocycles. The summed E-state index contributed by atoms with van der Waals surface area (Å²) in [5, 5.41) is 0. The maximum absolute atomic E-state index is 12.3. The zero-order valence-corrected chi connectivity index (χ0v) is 12.4. The molecule has 0 N–H and O–H groups in total. The van der Waals surface area contributed by atoms with E-state index in [1.165, 1.54) is 12.0 Å². The Bertz CT molecular complexity index is 413. The Hall–Kier alpha value is -1.15. The van der Waals surface area contributed by atoms with Crippen LogP contribution < -0.4 is 0 Å². The fourth-order valence-corrected chi connectivity index (χ4v) is 3.14. The van der Waals surface area contributed by atoms with Gasteiger partial charge >= 0.3 is 0 Å². The van der Waals surface area contributed by atoms with Crippen molar-refractivity contribution in [2.24, 2.45) is 11.8 Å². The number of benzene rings is 1. The molecule has 0 spiro atoms. The standard InChI is InChI=1S/C17H25NO/c1-4-15-5-7-16(8-6-15)17(19)12-18-10-13(2)9-14(3)11-18/h5-8,13-14H,4,9-12H2,1-3H3. The van der Waals surface area contributed by atoms with Crippen LogP contribution in [0.4, 0.5) is 0 Å². The zero-order chi connectivity index (χ0) is 13.8. The van der Waals surface area contributed by atoms with Crippen molar-refractivity contribution in [2.45, 2.75) is 33.6 Å². The van der Waals surface area contributed by atoms with Crippen LogP contribution in [0.5, 0.6) is 0 Å². The van der Waals surface area contributed by atoms with Gasteiger partial charge in [0.1, 0.15) is 0 Å². The van der Waals surface area contributed by atoms with Gasteiger partial charge in [0.05, 0.1) is 6.54 Å². The first-order valence-corrected chi connectivity index (χ1v) is 7.43. The van der Waals surface area contributed by atoms with E-state index in [0.29, 0.717) is 18.4 Å². The lowest BCUT2D eigenvalue weighted by Crippen LogP contribution is -2.41. The van der Waals surface area contributed by atoms with Gasteiger partial charge in [-0.25, -0.2) is 0 Å². The fourth-order valence-electron chi connectivity index (χ4n) is 3.14. The van der Waals surface area contributed by atoms with Gasteiger partial charge in [-0.3, -0.25) is 9.69 Å². The molecule has 0 bridgehead atoms. The average molecular weight is 259 g/mol. The Labute approximate surface area is 116 Å². The maximum Gasteiger partial charge on any atom is 0.176 e. The molecule has 1 fully saturated rings. The Morgan fingerprint density at radius 2 is 1.74 bits per heavy atom. The van der Waals surface area contributed by atoms with E-state index in [4.69, 9.17) is 0 Å². The number of Topliss-reactive ketones (excluding diaryl/α,β-unsaturated/α-hetero) is 1. The minimum atomic E-state index is 0.254. The topological polar surface area (TPSA) is 20.3 Å². The molecule has 1 aliphatic heterocycles. The minimum absolute atomic E-state index is 0.254. The first-order valence-electron chi connectivity index (χ1n) is 7.43. The number of hydrogen-bond donors (Lipinski definition) is 0. The highest BCUT2D eigenvalue weighted by Gasteiger charge is 2.23. The van der Waals surface area contributed by atoms with Gasteiger partial charge in [-0.1, -0.05) is 45.0 Å². The number of ketones is 1. The second kappa shape index (κ2) is 6.33. The van der Waals surface area contributed by atoms with Gasteiger partial charge in [-0.2, -0.15) is 0 Å². The fraction of sp³-hybridized carbons (Fsp3) is 0.588. The summed E-state index contributed by atoms with van der Waals surface area (Å²) in [6.07, 6.45) is 2.31. The third kappa shape index (κ3) is 3.90. The molecule has 0 aromatic heterocycles. The molecule has 1 heterocycles. The van der Waals surface area contributed by atoms with Crippen LogP contribution in [-0.2, 0) is 6.42 Å². The number of hydrogen-bond acceptors (Lipinski definition) is 2. The third-order valence-corrected chi connectivity index (χ3v) is 4.00. The monoisotopic (exact) mass is 259 g/mol. The molecule has 1 aromatic rings. The van der Waals surface area contributed by atoms with Crippen LogP contribution >= 0.6 is 0 Å². The van der Waals surface area contributed by atoms with Crippen molar-refractivity contribution >= 4 is 5.78 Å². The summed E-state index contributed by atoms with van der Waals surface area (Å²) in [4.78, 5) is 14.6. The van der Waals surface area contributed by atoms with Crippen LogP contribution in [0, 0.1) is 11.8 Å². The van der Waals surface area contributed by atoms with Crippen LogP contribution in [0.3, 0.4) is 0 Å². The van der Waals surface area contributed by atoms with Gasteiger partial charge in [0.25, 0.3) is 0 Å². The average Bonchev–Trinajstić information content (AvgIpc) is 2.37. The molecule has 1 aromatic carbocycles. The predicted octanol–water partition coefficient (Wildman–Crippen LogP) is 3.41. The summed E-state index contributed by atoms with van der Waals surface area (Å²) in [5.74, 6) is 1.67. The lowest BCUT2D eigenvalue weighted by atomic mass is 9.91. The highest BCUT2D eigenvalue weighted by atomic mass is 16.1. The van der Waals surface area contributed by atoms with E-state index >= 15 is 0 Å². The Kier molecular flexibility index (Phi) is 4.76. The minimum Gasteiger partial charge on any atom is -0.295 e. The molecule has 0 radical (unpaired) electrons. The Morgan fingerprint density at radius 1 is 1.16 bits per heavy atom. The number of piperidine rings is 1. The highest BCUT2D eigenvalue weighted by molar-refractivity contribution is 5.97. The van der Waals surface area contributed by atoms with Gasteiger partial charge in [0.2, 0.25) is 0 Å². The summed E-state index contributed by atoms with van der Waals surface area (Å²) in [6, 6.07) is 8.07. The van der Waals surface area contributed by atoms with E-state index in [0.717, 1.165) is 25.1 Å². The number of likely N-dealkylation sites (tertiary alicyclic amines) is 1. The lowest BCUT2D eigenvalue weighted by molar-refractivity contribution is 0.0849. The van der Waals surface area contributed by atoms with Crippen LogP contribution in [-0.4, -0.2) is 30.3 Å². The smallest absolute Gasteiger partial charge is 0.176 e. The molecule has 2 heteroatoms. The Balaban J connectivity index is 1.96. The molecule has 1 aliphatic rings. The molecular formula is C17H25NO. The van der Waals surface area contributed by atoms with Crippen LogP contribution in [0.1, 0.15) is 43.1 Å². The first-order chi connectivity index (χ1) is 9.08.